The Morgan fingerprint density at radius 1 is 1.14 bits per heavy atom. The Bertz CT molecular complexity index is 1140. The maximum Gasteiger partial charge on any atom is 0.234 e. The summed E-state index contributed by atoms with van der Waals surface area (Å²) in [5.41, 5.74) is 3.37. The molecule has 28 heavy (non-hydrogen) atoms. The number of hydrogen-bond donors (Lipinski definition) is 1. The molecule has 0 aliphatic heterocycles. The van der Waals surface area contributed by atoms with Crippen LogP contribution in [0, 0.1) is 0 Å². The quantitative estimate of drug-likeness (QED) is 0.503. The molecule has 2 aromatic carbocycles. The molecule has 142 valence electrons. The minimum atomic E-state index is -0.130. The maximum atomic E-state index is 12.2. The van der Waals surface area contributed by atoms with Crippen LogP contribution in [0.2, 0.25) is 0 Å². The van der Waals surface area contributed by atoms with Crippen molar-refractivity contribution in [2.75, 3.05) is 18.2 Å². The average molecular weight is 393 g/mol. The van der Waals surface area contributed by atoms with E-state index in [1.165, 1.54) is 11.8 Å². The molecule has 2 aromatic heterocycles. The van der Waals surface area contributed by atoms with Crippen molar-refractivity contribution in [2.24, 2.45) is 0 Å². The van der Waals surface area contributed by atoms with Crippen LogP contribution in [-0.2, 0) is 11.3 Å². The van der Waals surface area contributed by atoms with Gasteiger partial charge in [-0.25, -0.2) is 4.98 Å². The van der Waals surface area contributed by atoms with Crippen LogP contribution in [0.3, 0.4) is 0 Å². The second-order valence-electron chi connectivity index (χ2n) is 6.09. The number of aromatic nitrogens is 4. The largest absolute Gasteiger partial charge is 0.497 e. The number of thioether (sulfide) groups is 1. The molecule has 2 heterocycles. The number of methoxy groups -OCH3 is 1. The van der Waals surface area contributed by atoms with Gasteiger partial charge >= 0.3 is 0 Å². The van der Waals surface area contributed by atoms with Crippen molar-refractivity contribution in [2.45, 2.75) is 18.6 Å². The summed E-state index contributed by atoms with van der Waals surface area (Å²) in [5.74, 6) is 0.812. The zero-order valence-corrected chi connectivity index (χ0v) is 16.4. The maximum absolute atomic E-state index is 12.2. The van der Waals surface area contributed by atoms with Crippen molar-refractivity contribution in [1.82, 2.24) is 19.7 Å². The van der Waals surface area contributed by atoms with E-state index in [9.17, 15) is 4.79 Å². The molecular formula is C20H19N5O2S. The lowest BCUT2D eigenvalue weighted by Gasteiger charge is -2.06. The minimum Gasteiger partial charge on any atom is -0.497 e. The summed E-state index contributed by atoms with van der Waals surface area (Å²) in [6.45, 7) is 2.86. The summed E-state index contributed by atoms with van der Waals surface area (Å²) >= 11 is 1.26. The smallest absolute Gasteiger partial charge is 0.234 e. The third-order valence-electron chi connectivity index (χ3n) is 4.38. The molecule has 1 N–H and O–H groups in total. The third kappa shape index (κ3) is 3.50. The molecule has 0 aliphatic rings. The predicted molar refractivity (Wildman–Crippen MR) is 111 cm³/mol. The second-order valence-corrected chi connectivity index (χ2v) is 7.04. The van der Waals surface area contributed by atoms with E-state index in [1.54, 1.807) is 31.4 Å². The Morgan fingerprint density at radius 3 is 2.68 bits per heavy atom. The molecule has 0 saturated heterocycles. The van der Waals surface area contributed by atoms with Crippen LogP contribution in [0.1, 0.15) is 6.92 Å². The molecule has 8 heteroatoms. The van der Waals surface area contributed by atoms with Gasteiger partial charge in [0.05, 0.1) is 18.4 Å². The highest BCUT2D eigenvalue weighted by molar-refractivity contribution is 7.99. The molecule has 0 spiro atoms. The Kier molecular flexibility index (Phi) is 5.12. The zero-order chi connectivity index (χ0) is 19.5. The number of carbonyl (C=O) groups is 1. The van der Waals surface area contributed by atoms with E-state index in [2.05, 4.69) is 38.1 Å². The summed E-state index contributed by atoms with van der Waals surface area (Å²) < 4.78 is 7.22. The standard InChI is InChI=1S/C20H19N5O2S/c1-3-25-16-7-5-4-6-15(16)18-19(25)22-20(24-23-18)28-12-17(26)21-13-8-10-14(27-2)11-9-13/h4-11H,3,12H2,1-2H3,(H,21,26). The molecule has 7 nitrogen and oxygen atoms in total. The Labute approximate surface area is 166 Å². The van der Waals surface area contributed by atoms with Crippen molar-refractivity contribution in [3.8, 4) is 5.75 Å². The molecule has 0 atom stereocenters. The van der Waals surface area contributed by atoms with Gasteiger partial charge in [0.2, 0.25) is 11.1 Å². The van der Waals surface area contributed by atoms with Gasteiger partial charge < -0.3 is 14.6 Å². The van der Waals surface area contributed by atoms with Crippen LogP contribution in [0.5, 0.6) is 5.75 Å². The van der Waals surface area contributed by atoms with Crippen LogP contribution in [-0.4, -0.2) is 38.5 Å². The number of benzene rings is 2. The van der Waals surface area contributed by atoms with Gasteiger partial charge in [-0.1, -0.05) is 30.0 Å². The number of anilines is 1. The first-order valence-corrected chi connectivity index (χ1v) is 9.86. The highest BCUT2D eigenvalue weighted by Gasteiger charge is 2.14. The second kappa shape index (κ2) is 7.85. The third-order valence-corrected chi connectivity index (χ3v) is 5.21. The van der Waals surface area contributed by atoms with Crippen molar-refractivity contribution in [3.63, 3.8) is 0 Å². The topological polar surface area (TPSA) is 81.9 Å². The number of nitrogens with one attached hydrogen (secondary N) is 1. The van der Waals surface area contributed by atoms with Gasteiger partial charge in [0.25, 0.3) is 0 Å². The lowest BCUT2D eigenvalue weighted by Crippen LogP contribution is -2.14. The molecule has 4 aromatic rings. The van der Waals surface area contributed by atoms with E-state index in [0.29, 0.717) is 10.8 Å². The Morgan fingerprint density at radius 2 is 1.93 bits per heavy atom. The fraction of sp³-hybridized carbons (Fsp3) is 0.200. The summed E-state index contributed by atoms with van der Waals surface area (Å²) in [4.78, 5) is 16.9. The van der Waals surface area contributed by atoms with Gasteiger partial charge in [-0.15, -0.1) is 10.2 Å². The fourth-order valence-electron chi connectivity index (χ4n) is 3.07. The van der Waals surface area contributed by atoms with E-state index in [4.69, 9.17) is 4.74 Å². The fourth-order valence-corrected chi connectivity index (χ4v) is 3.65. The molecule has 0 bridgehead atoms. The van der Waals surface area contributed by atoms with Crippen LogP contribution < -0.4 is 10.1 Å². The summed E-state index contributed by atoms with van der Waals surface area (Å²) in [5, 5.41) is 12.9. The number of hydrogen-bond acceptors (Lipinski definition) is 6. The number of nitrogens with zero attached hydrogens (tertiary/aromatic N) is 4. The number of amides is 1. The van der Waals surface area contributed by atoms with Crippen molar-refractivity contribution < 1.29 is 9.53 Å². The number of para-hydroxylation sites is 1. The minimum absolute atomic E-state index is 0.130. The van der Waals surface area contributed by atoms with Crippen LogP contribution in [0.25, 0.3) is 22.1 Å². The first-order valence-electron chi connectivity index (χ1n) is 8.88. The van der Waals surface area contributed by atoms with Crippen LogP contribution in [0.4, 0.5) is 5.69 Å². The highest BCUT2D eigenvalue weighted by atomic mass is 32.2. The lowest BCUT2D eigenvalue weighted by molar-refractivity contribution is -0.113. The van der Waals surface area contributed by atoms with Gasteiger partial charge in [0.1, 0.15) is 11.3 Å². The lowest BCUT2D eigenvalue weighted by atomic mass is 10.2. The molecule has 0 aliphatic carbocycles. The van der Waals surface area contributed by atoms with E-state index in [-0.39, 0.29) is 11.7 Å². The van der Waals surface area contributed by atoms with Gasteiger partial charge in [-0.05, 0) is 37.3 Å². The average Bonchev–Trinajstić information content (AvgIpc) is 3.05. The molecule has 0 radical (unpaired) electrons. The zero-order valence-electron chi connectivity index (χ0n) is 15.5. The predicted octanol–water partition coefficient (Wildman–Crippen LogP) is 3.74. The molecule has 0 fully saturated rings. The van der Waals surface area contributed by atoms with Crippen LogP contribution >= 0.6 is 11.8 Å². The number of aryl methyl sites for hydroxylation is 1. The molecule has 1 amide bonds. The van der Waals surface area contributed by atoms with Crippen LogP contribution in [0.15, 0.2) is 53.7 Å². The Hall–Kier alpha value is -3.13. The number of fused-ring (bicyclic) bond motifs is 3. The first kappa shape index (κ1) is 18.2. The highest BCUT2D eigenvalue weighted by Crippen LogP contribution is 2.27. The summed E-state index contributed by atoms with van der Waals surface area (Å²) in [6, 6.07) is 15.2. The number of carbonyl (C=O) groups excluding carboxylic acids is 1. The number of ether oxygens (including phenoxy) is 1. The van der Waals surface area contributed by atoms with Gasteiger partial charge in [0.15, 0.2) is 5.65 Å². The van der Waals surface area contributed by atoms with E-state index < -0.39 is 0 Å². The summed E-state index contributed by atoms with van der Waals surface area (Å²) in [7, 11) is 1.60. The SMILES string of the molecule is CCn1c2ccccc2c2nnc(SCC(=O)Nc3ccc(OC)cc3)nc21. The van der Waals surface area contributed by atoms with Gasteiger partial charge in [-0.2, -0.15) is 0 Å². The van der Waals surface area contributed by atoms with E-state index in [0.717, 1.165) is 34.4 Å². The van der Waals surface area contributed by atoms with Crippen molar-refractivity contribution >= 4 is 45.4 Å². The van der Waals surface area contributed by atoms with Gasteiger partial charge in [0, 0.05) is 17.6 Å². The molecular weight excluding hydrogens is 374 g/mol. The summed E-state index contributed by atoms with van der Waals surface area (Å²) in [6.07, 6.45) is 0. The van der Waals surface area contributed by atoms with Crippen molar-refractivity contribution in [3.05, 3.63) is 48.5 Å². The van der Waals surface area contributed by atoms with Gasteiger partial charge in [-0.3, -0.25) is 4.79 Å². The molecule has 0 unspecified atom stereocenters. The van der Waals surface area contributed by atoms with Crippen molar-refractivity contribution in [1.29, 1.82) is 0 Å². The molecule has 0 saturated carbocycles. The number of rotatable bonds is 6. The monoisotopic (exact) mass is 393 g/mol. The van der Waals surface area contributed by atoms with E-state index in [1.807, 2.05) is 18.2 Å². The first-order chi connectivity index (χ1) is 13.7. The molecule has 4 rings (SSSR count). The Balaban J connectivity index is 1.50. The van der Waals surface area contributed by atoms with E-state index >= 15 is 0 Å². The normalized spacial score (nSPS) is 11.1.